The largest absolute Gasteiger partial charge is 0.357 e. The monoisotopic (exact) mass is 434 g/mol. The molecule has 0 amide bonds. The van der Waals surface area contributed by atoms with E-state index in [2.05, 4.69) is 55.3 Å². The molecule has 0 N–H and O–H groups in total. The average Bonchev–Trinajstić information content (AvgIpc) is 3.40. The Morgan fingerprint density at radius 2 is 1.67 bits per heavy atom. The third kappa shape index (κ3) is 3.93. The normalized spacial score (nSPS) is 14.6. The highest BCUT2D eigenvalue weighted by atomic mass is 16.5. The number of hydrogen-bond acceptors (Lipinski definition) is 7. The minimum atomic E-state index is 0.266. The van der Waals surface area contributed by atoms with Gasteiger partial charge in [-0.2, -0.15) is 4.98 Å². The summed E-state index contributed by atoms with van der Waals surface area (Å²) in [5.41, 5.74) is 4.21. The number of piperidine rings is 1. The van der Waals surface area contributed by atoms with E-state index in [-0.39, 0.29) is 5.92 Å². The first-order valence-corrected chi connectivity index (χ1v) is 11.1. The van der Waals surface area contributed by atoms with Gasteiger partial charge in [0.05, 0.1) is 5.52 Å². The zero-order chi connectivity index (χ0) is 22.0. The Labute approximate surface area is 191 Å². The molecule has 0 saturated carbocycles. The van der Waals surface area contributed by atoms with Gasteiger partial charge in [-0.05, 0) is 72.5 Å². The molecule has 0 radical (unpaired) electrons. The average molecular weight is 435 g/mol. The van der Waals surface area contributed by atoms with Gasteiger partial charge < -0.3 is 9.42 Å². The molecule has 162 valence electrons. The second kappa shape index (κ2) is 8.43. The van der Waals surface area contributed by atoms with Gasteiger partial charge in [0, 0.05) is 54.7 Å². The second-order valence-corrected chi connectivity index (χ2v) is 8.27. The summed E-state index contributed by atoms with van der Waals surface area (Å²) in [5.74, 6) is 2.59. The van der Waals surface area contributed by atoms with E-state index in [1.54, 1.807) is 12.4 Å². The number of hydrogen-bond donors (Lipinski definition) is 0. The number of pyridine rings is 3. The van der Waals surface area contributed by atoms with Crippen LogP contribution >= 0.6 is 0 Å². The summed E-state index contributed by atoms with van der Waals surface area (Å²) in [7, 11) is 0. The fourth-order valence-electron chi connectivity index (χ4n) is 4.38. The summed E-state index contributed by atoms with van der Waals surface area (Å²) in [4.78, 5) is 20.1. The summed E-state index contributed by atoms with van der Waals surface area (Å²) >= 11 is 0. The Morgan fingerprint density at radius 3 is 2.48 bits per heavy atom. The molecule has 5 aromatic rings. The van der Waals surface area contributed by atoms with Crippen LogP contribution in [0.5, 0.6) is 0 Å². The molecule has 0 atom stereocenters. The molecular weight excluding hydrogens is 412 g/mol. The molecule has 0 spiro atoms. The Kier molecular flexibility index (Phi) is 4.99. The number of anilines is 1. The van der Waals surface area contributed by atoms with Crippen molar-refractivity contribution < 1.29 is 4.52 Å². The fraction of sp³-hybridized carbons (Fsp3) is 0.192. The summed E-state index contributed by atoms with van der Waals surface area (Å²) in [5, 5.41) is 5.28. The van der Waals surface area contributed by atoms with Crippen LogP contribution in [0.2, 0.25) is 0 Å². The highest BCUT2D eigenvalue weighted by Crippen LogP contribution is 2.31. The van der Waals surface area contributed by atoms with Crippen LogP contribution in [0.3, 0.4) is 0 Å². The Bertz CT molecular complexity index is 1380. The zero-order valence-corrected chi connectivity index (χ0v) is 18.0. The third-order valence-electron chi connectivity index (χ3n) is 6.22. The minimum absolute atomic E-state index is 0.266. The lowest BCUT2D eigenvalue weighted by atomic mass is 9.96. The summed E-state index contributed by atoms with van der Waals surface area (Å²) < 4.78 is 5.58. The molecule has 4 aromatic heterocycles. The predicted molar refractivity (Wildman–Crippen MR) is 127 cm³/mol. The van der Waals surface area contributed by atoms with E-state index in [0.717, 1.165) is 53.8 Å². The highest BCUT2D eigenvalue weighted by Gasteiger charge is 2.26. The molecule has 5 heterocycles. The summed E-state index contributed by atoms with van der Waals surface area (Å²) in [6, 6.07) is 18.5. The van der Waals surface area contributed by atoms with Crippen LogP contribution in [0.4, 0.5) is 5.82 Å². The van der Waals surface area contributed by atoms with Crippen LogP contribution in [-0.4, -0.2) is 38.2 Å². The van der Waals surface area contributed by atoms with E-state index in [1.165, 1.54) is 5.56 Å². The van der Waals surface area contributed by atoms with E-state index >= 15 is 0 Å². The Morgan fingerprint density at radius 1 is 0.788 bits per heavy atom. The standard InChI is InChI=1S/C26H22N6O/c1-2-22(17-28-11-1)25-30-26(33-31-25)19-9-14-32(15-10-19)24-6-4-21-16-20(3-5-23(21)29-24)18-7-12-27-13-8-18/h1-8,11-13,16-17,19H,9-10,14-15H2. The highest BCUT2D eigenvalue weighted by molar-refractivity contribution is 5.85. The lowest BCUT2D eigenvalue weighted by Crippen LogP contribution is -2.33. The van der Waals surface area contributed by atoms with Crippen molar-refractivity contribution in [3.8, 4) is 22.5 Å². The molecule has 1 aliphatic rings. The number of rotatable bonds is 4. The van der Waals surface area contributed by atoms with Gasteiger partial charge in [0.1, 0.15) is 5.82 Å². The van der Waals surface area contributed by atoms with Crippen LogP contribution in [0, 0.1) is 0 Å². The molecule has 7 nitrogen and oxygen atoms in total. The molecule has 33 heavy (non-hydrogen) atoms. The topological polar surface area (TPSA) is 80.8 Å². The molecule has 6 rings (SSSR count). The van der Waals surface area contributed by atoms with Gasteiger partial charge in [-0.15, -0.1) is 0 Å². The molecule has 1 saturated heterocycles. The van der Waals surface area contributed by atoms with Crippen LogP contribution in [0.1, 0.15) is 24.7 Å². The van der Waals surface area contributed by atoms with Crippen molar-refractivity contribution in [3.63, 3.8) is 0 Å². The molecule has 1 aromatic carbocycles. The molecule has 1 aliphatic heterocycles. The van der Waals surface area contributed by atoms with Crippen LogP contribution < -0.4 is 4.90 Å². The van der Waals surface area contributed by atoms with E-state index in [4.69, 9.17) is 9.51 Å². The maximum Gasteiger partial charge on any atom is 0.230 e. The van der Waals surface area contributed by atoms with Crippen molar-refractivity contribution in [2.45, 2.75) is 18.8 Å². The van der Waals surface area contributed by atoms with Gasteiger partial charge in [0.25, 0.3) is 0 Å². The lowest BCUT2D eigenvalue weighted by Gasteiger charge is -2.31. The van der Waals surface area contributed by atoms with Crippen LogP contribution in [0.15, 0.2) is 83.9 Å². The first-order valence-electron chi connectivity index (χ1n) is 11.1. The van der Waals surface area contributed by atoms with Crippen molar-refractivity contribution in [3.05, 3.63) is 85.3 Å². The summed E-state index contributed by atoms with van der Waals surface area (Å²) in [6.45, 7) is 1.81. The van der Waals surface area contributed by atoms with Gasteiger partial charge in [-0.3, -0.25) is 9.97 Å². The Balaban J connectivity index is 1.16. The second-order valence-electron chi connectivity index (χ2n) is 8.27. The van der Waals surface area contributed by atoms with Gasteiger partial charge >= 0.3 is 0 Å². The smallest absolute Gasteiger partial charge is 0.230 e. The number of benzene rings is 1. The van der Waals surface area contributed by atoms with Gasteiger partial charge in [0.2, 0.25) is 11.7 Å². The molecule has 7 heteroatoms. The minimum Gasteiger partial charge on any atom is -0.357 e. The van der Waals surface area contributed by atoms with E-state index in [9.17, 15) is 0 Å². The molecule has 0 bridgehead atoms. The van der Waals surface area contributed by atoms with Crippen molar-refractivity contribution in [2.75, 3.05) is 18.0 Å². The molecular formula is C26H22N6O. The van der Waals surface area contributed by atoms with Crippen LogP contribution in [0.25, 0.3) is 33.4 Å². The Hall–Kier alpha value is -4.13. The van der Waals surface area contributed by atoms with Crippen molar-refractivity contribution in [2.24, 2.45) is 0 Å². The van der Waals surface area contributed by atoms with E-state index < -0.39 is 0 Å². The first kappa shape index (κ1) is 19.5. The van der Waals surface area contributed by atoms with Crippen molar-refractivity contribution in [1.29, 1.82) is 0 Å². The quantitative estimate of drug-likeness (QED) is 0.388. The van der Waals surface area contributed by atoms with Crippen molar-refractivity contribution in [1.82, 2.24) is 25.1 Å². The molecule has 1 fully saturated rings. The number of aromatic nitrogens is 5. The number of fused-ring (bicyclic) bond motifs is 1. The molecule has 0 aliphatic carbocycles. The summed E-state index contributed by atoms with van der Waals surface area (Å²) in [6.07, 6.45) is 9.03. The SMILES string of the molecule is c1cncc(-c2noc(C3CCN(c4ccc5cc(-c6ccncc6)ccc5n4)CC3)n2)c1. The van der Waals surface area contributed by atoms with Gasteiger partial charge in [-0.25, -0.2) is 4.98 Å². The maximum absolute atomic E-state index is 5.58. The molecule has 0 unspecified atom stereocenters. The van der Waals surface area contributed by atoms with Gasteiger partial charge in [0.15, 0.2) is 0 Å². The van der Waals surface area contributed by atoms with Gasteiger partial charge in [-0.1, -0.05) is 11.2 Å². The third-order valence-corrected chi connectivity index (χ3v) is 6.22. The fourth-order valence-corrected chi connectivity index (χ4v) is 4.38. The van der Waals surface area contributed by atoms with E-state index in [0.29, 0.717) is 11.7 Å². The van der Waals surface area contributed by atoms with Crippen molar-refractivity contribution >= 4 is 16.7 Å². The first-order chi connectivity index (χ1) is 16.3. The maximum atomic E-state index is 5.58. The zero-order valence-electron chi connectivity index (χ0n) is 18.0. The van der Waals surface area contributed by atoms with E-state index in [1.807, 2.05) is 36.7 Å². The number of nitrogens with zero attached hydrogens (tertiary/aromatic N) is 6. The lowest BCUT2D eigenvalue weighted by molar-refractivity contribution is 0.329. The predicted octanol–water partition coefficient (Wildman–Crippen LogP) is 5.13. The van der Waals surface area contributed by atoms with Crippen LogP contribution in [-0.2, 0) is 0 Å².